The van der Waals surface area contributed by atoms with E-state index < -0.39 is 0 Å². The number of aryl methyl sites for hydroxylation is 4. The highest BCUT2D eigenvalue weighted by molar-refractivity contribution is 7.99. The van der Waals surface area contributed by atoms with Crippen LogP contribution in [0, 0.1) is 13.8 Å². The highest BCUT2D eigenvalue weighted by Crippen LogP contribution is 2.34. The van der Waals surface area contributed by atoms with Crippen molar-refractivity contribution in [3.05, 3.63) is 61.5 Å². The Bertz CT molecular complexity index is 1130. The first-order chi connectivity index (χ1) is 13.9. The predicted molar refractivity (Wildman–Crippen MR) is 121 cm³/mol. The molecule has 5 nitrogen and oxygen atoms in total. The van der Waals surface area contributed by atoms with E-state index in [0.29, 0.717) is 23.9 Å². The monoisotopic (exact) mass is 427 g/mol. The van der Waals surface area contributed by atoms with Crippen LogP contribution in [0.1, 0.15) is 39.4 Å². The highest BCUT2D eigenvalue weighted by atomic mass is 32.2. The lowest BCUT2D eigenvalue weighted by molar-refractivity contribution is -0.127. The zero-order valence-electron chi connectivity index (χ0n) is 17.0. The van der Waals surface area contributed by atoms with Gasteiger partial charge in [0.15, 0.2) is 0 Å². The molecule has 1 aliphatic rings. The van der Waals surface area contributed by atoms with E-state index in [-0.39, 0.29) is 11.5 Å². The molecule has 3 aromatic rings. The molecule has 0 saturated heterocycles. The Kier molecular flexibility index (Phi) is 5.79. The van der Waals surface area contributed by atoms with Gasteiger partial charge in [0.25, 0.3) is 5.56 Å². The Labute approximate surface area is 178 Å². The second kappa shape index (κ2) is 8.32. The van der Waals surface area contributed by atoms with Crippen molar-refractivity contribution in [2.75, 3.05) is 12.8 Å². The molecule has 0 aliphatic heterocycles. The molecule has 0 saturated carbocycles. The Morgan fingerprint density at radius 3 is 2.93 bits per heavy atom. The van der Waals surface area contributed by atoms with E-state index in [2.05, 4.69) is 42.0 Å². The molecule has 4 rings (SSSR count). The zero-order valence-corrected chi connectivity index (χ0v) is 18.6. The third kappa shape index (κ3) is 4.26. The lowest BCUT2D eigenvalue weighted by Gasteiger charge is -2.18. The molecule has 2 aromatic heterocycles. The average Bonchev–Trinajstić information content (AvgIpc) is 3.24. The van der Waals surface area contributed by atoms with Crippen LogP contribution >= 0.6 is 23.1 Å². The normalized spacial score (nSPS) is 13.1. The van der Waals surface area contributed by atoms with E-state index in [1.54, 1.807) is 16.2 Å². The van der Waals surface area contributed by atoms with Crippen LogP contribution in [0.25, 0.3) is 10.2 Å². The lowest BCUT2D eigenvalue weighted by atomic mass is 10.1. The van der Waals surface area contributed by atoms with Crippen LogP contribution in [0.4, 0.5) is 0 Å². The maximum Gasteiger partial charge on any atom is 0.259 e. The van der Waals surface area contributed by atoms with Gasteiger partial charge in [0.05, 0.1) is 16.9 Å². The quantitative estimate of drug-likeness (QED) is 0.646. The summed E-state index contributed by atoms with van der Waals surface area (Å²) in [6.45, 7) is 4.75. The zero-order chi connectivity index (χ0) is 20.5. The number of carbonyl (C=O) groups excluding carboxylic acids is 1. The van der Waals surface area contributed by atoms with Gasteiger partial charge in [-0.15, -0.1) is 23.1 Å². The summed E-state index contributed by atoms with van der Waals surface area (Å²) in [5.74, 6) is 1.62. The van der Waals surface area contributed by atoms with Crippen molar-refractivity contribution in [1.29, 1.82) is 0 Å². The van der Waals surface area contributed by atoms with Crippen molar-refractivity contribution in [3.8, 4) is 0 Å². The molecule has 1 amide bonds. The van der Waals surface area contributed by atoms with Crippen LogP contribution in [-0.4, -0.2) is 33.6 Å². The van der Waals surface area contributed by atoms with Gasteiger partial charge >= 0.3 is 0 Å². The summed E-state index contributed by atoms with van der Waals surface area (Å²) in [6.07, 6.45) is 3.17. The number of carbonyl (C=O) groups is 1. The van der Waals surface area contributed by atoms with Gasteiger partial charge < -0.3 is 9.88 Å². The number of hydrogen-bond donors (Lipinski definition) is 1. The van der Waals surface area contributed by atoms with Crippen molar-refractivity contribution >= 4 is 39.2 Å². The van der Waals surface area contributed by atoms with Gasteiger partial charge in [0.2, 0.25) is 5.91 Å². The highest BCUT2D eigenvalue weighted by Gasteiger charge is 2.21. The van der Waals surface area contributed by atoms with Crippen LogP contribution in [0.5, 0.6) is 0 Å². The maximum absolute atomic E-state index is 12.5. The summed E-state index contributed by atoms with van der Waals surface area (Å²) in [6, 6.07) is 6.30. The number of fused-ring (bicyclic) bond motifs is 3. The van der Waals surface area contributed by atoms with Crippen LogP contribution in [0.3, 0.4) is 0 Å². The predicted octanol–water partition coefficient (Wildman–Crippen LogP) is 3.98. The average molecular weight is 428 g/mol. The topological polar surface area (TPSA) is 66.1 Å². The molecular formula is C22H25N3O2S2. The molecule has 1 N–H and O–H groups in total. The SMILES string of the molecule is Cc1ccc(CN(C)C(=O)CSCc2nc3sc4c(c3c(=O)[nH]2)CCC4)c(C)c1. The van der Waals surface area contributed by atoms with Crippen molar-refractivity contribution < 1.29 is 4.79 Å². The first-order valence-corrected chi connectivity index (χ1v) is 11.8. The number of rotatable bonds is 6. The molecule has 0 spiro atoms. The summed E-state index contributed by atoms with van der Waals surface area (Å²) in [4.78, 5) is 36.5. The number of aromatic nitrogens is 2. The molecule has 0 radical (unpaired) electrons. The van der Waals surface area contributed by atoms with Crippen molar-refractivity contribution in [2.24, 2.45) is 0 Å². The molecule has 2 heterocycles. The number of benzene rings is 1. The third-order valence-corrected chi connectivity index (χ3v) is 7.53. The van der Waals surface area contributed by atoms with E-state index >= 15 is 0 Å². The Morgan fingerprint density at radius 1 is 1.31 bits per heavy atom. The molecule has 7 heteroatoms. The number of H-pyrrole nitrogens is 1. The minimum absolute atomic E-state index is 0.0386. The molecule has 0 atom stereocenters. The van der Waals surface area contributed by atoms with Gasteiger partial charge in [-0.2, -0.15) is 0 Å². The maximum atomic E-state index is 12.5. The minimum atomic E-state index is -0.0386. The van der Waals surface area contributed by atoms with Gasteiger partial charge in [0, 0.05) is 18.5 Å². The first-order valence-electron chi connectivity index (χ1n) is 9.83. The van der Waals surface area contributed by atoms with E-state index in [1.165, 1.54) is 38.9 Å². The van der Waals surface area contributed by atoms with E-state index in [9.17, 15) is 9.59 Å². The number of nitrogens with zero attached hydrogens (tertiary/aromatic N) is 2. The Balaban J connectivity index is 1.36. The van der Waals surface area contributed by atoms with Gasteiger partial charge in [-0.25, -0.2) is 4.98 Å². The fraction of sp³-hybridized carbons (Fsp3) is 0.409. The lowest BCUT2D eigenvalue weighted by Crippen LogP contribution is -2.28. The van der Waals surface area contributed by atoms with Crippen LogP contribution in [-0.2, 0) is 29.9 Å². The standard InChI is InChI=1S/C22H25N3O2S2/c1-13-7-8-15(14(2)9-13)10-25(3)19(26)12-28-11-18-23-21(27)20-16-5-4-6-17(16)29-22(20)24-18/h7-9H,4-6,10-12H2,1-3H3,(H,23,24,27). The molecule has 0 unspecified atom stereocenters. The van der Waals surface area contributed by atoms with Crippen molar-refractivity contribution in [3.63, 3.8) is 0 Å². The Morgan fingerprint density at radius 2 is 2.14 bits per heavy atom. The smallest absolute Gasteiger partial charge is 0.259 e. The summed E-state index contributed by atoms with van der Waals surface area (Å²) < 4.78 is 0. The molecule has 1 aliphatic carbocycles. The number of thioether (sulfide) groups is 1. The summed E-state index contributed by atoms with van der Waals surface area (Å²) in [5, 5.41) is 0.778. The molecule has 152 valence electrons. The minimum Gasteiger partial charge on any atom is -0.341 e. The van der Waals surface area contributed by atoms with E-state index in [0.717, 1.165) is 29.5 Å². The molecule has 0 bridgehead atoms. The third-order valence-electron chi connectivity index (χ3n) is 5.42. The number of thiophene rings is 1. The fourth-order valence-corrected chi connectivity index (χ4v) is 5.94. The molecule has 0 fully saturated rings. The van der Waals surface area contributed by atoms with E-state index in [1.807, 2.05) is 7.05 Å². The fourth-order valence-electron chi connectivity index (χ4n) is 3.83. The summed E-state index contributed by atoms with van der Waals surface area (Å²) in [5.41, 5.74) is 4.75. The molecule has 29 heavy (non-hydrogen) atoms. The van der Waals surface area contributed by atoms with Crippen molar-refractivity contribution in [2.45, 2.75) is 45.4 Å². The van der Waals surface area contributed by atoms with Crippen LogP contribution < -0.4 is 5.56 Å². The van der Waals surface area contributed by atoms with Crippen LogP contribution in [0.15, 0.2) is 23.0 Å². The second-order valence-electron chi connectivity index (χ2n) is 7.72. The largest absolute Gasteiger partial charge is 0.341 e. The second-order valence-corrected chi connectivity index (χ2v) is 9.79. The number of hydrogen-bond acceptors (Lipinski definition) is 5. The van der Waals surface area contributed by atoms with Gasteiger partial charge in [-0.05, 0) is 49.8 Å². The number of amides is 1. The Hall–Kier alpha value is -2.12. The van der Waals surface area contributed by atoms with Crippen LogP contribution in [0.2, 0.25) is 0 Å². The molecular weight excluding hydrogens is 402 g/mol. The molecule has 1 aromatic carbocycles. The number of nitrogens with one attached hydrogen (secondary N) is 1. The van der Waals surface area contributed by atoms with Gasteiger partial charge in [-0.1, -0.05) is 23.8 Å². The van der Waals surface area contributed by atoms with Crippen molar-refractivity contribution in [1.82, 2.24) is 14.9 Å². The first kappa shape index (κ1) is 20.2. The van der Waals surface area contributed by atoms with Gasteiger partial charge in [0.1, 0.15) is 10.7 Å². The summed E-state index contributed by atoms with van der Waals surface area (Å²) >= 11 is 3.14. The summed E-state index contributed by atoms with van der Waals surface area (Å²) in [7, 11) is 1.83. The number of aromatic amines is 1. The van der Waals surface area contributed by atoms with E-state index in [4.69, 9.17) is 0 Å². The van der Waals surface area contributed by atoms with Gasteiger partial charge in [-0.3, -0.25) is 9.59 Å².